The number of alkyl halides is 1. The van der Waals surface area contributed by atoms with Gasteiger partial charge < -0.3 is 5.11 Å². The number of aliphatic hydroxyl groups is 1. The third-order valence-corrected chi connectivity index (χ3v) is 0.750. The Kier molecular flexibility index (Phi) is 3.77. The molecule has 0 radical (unpaired) electrons. The number of rotatable bonds is 2. The van der Waals surface area contributed by atoms with Crippen LogP contribution in [-0.2, 0) is 0 Å². The molecule has 3 heteroatoms. The maximum absolute atomic E-state index is 8.41. The van der Waals surface area contributed by atoms with E-state index in [9.17, 15) is 0 Å². The Bertz CT molecular complexity index is 78.2. The summed E-state index contributed by atoms with van der Waals surface area (Å²) in [5, 5.41) is 16.3. The van der Waals surface area contributed by atoms with E-state index < -0.39 is 6.10 Å². The van der Waals surface area contributed by atoms with Crippen molar-refractivity contribution in [1.29, 1.82) is 5.26 Å². The highest BCUT2D eigenvalue weighted by Gasteiger charge is 1.95. The van der Waals surface area contributed by atoms with Crippen LogP contribution in [0.15, 0.2) is 0 Å². The molecule has 7 heavy (non-hydrogen) atoms. The quantitative estimate of drug-likeness (QED) is 0.425. The van der Waals surface area contributed by atoms with Crippen molar-refractivity contribution in [2.24, 2.45) is 0 Å². The molecule has 0 fully saturated rings. The predicted octanol–water partition coefficient (Wildman–Crippen LogP) is 0.500. The van der Waals surface area contributed by atoms with Crippen LogP contribution in [0, 0.1) is 11.3 Å². The molecular formula is C4H6ClNO. The molecule has 0 spiro atoms. The summed E-state index contributed by atoms with van der Waals surface area (Å²) in [6.45, 7) is 0. The second-order valence-corrected chi connectivity index (χ2v) is 1.50. The van der Waals surface area contributed by atoms with Gasteiger partial charge in [-0.3, -0.25) is 0 Å². The molecule has 1 N–H and O–H groups in total. The summed E-state index contributed by atoms with van der Waals surface area (Å²) in [6, 6.07) is 1.64. The predicted molar refractivity (Wildman–Crippen MR) is 27.0 cm³/mol. The van der Waals surface area contributed by atoms with Gasteiger partial charge in [-0.1, -0.05) is 0 Å². The fourth-order valence-electron chi connectivity index (χ4n) is 0.168. The molecule has 0 heterocycles. The molecule has 0 aromatic rings. The van der Waals surface area contributed by atoms with Crippen molar-refractivity contribution in [2.75, 3.05) is 5.88 Å². The molecule has 2 nitrogen and oxygen atoms in total. The highest BCUT2D eigenvalue weighted by molar-refractivity contribution is 6.17. The summed E-state index contributed by atoms with van der Waals surface area (Å²) in [4.78, 5) is 0. The van der Waals surface area contributed by atoms with E-state index in [0.717, 1.165) is 0 Å². The third-order valence-electron chi connectivity index (χ3n) is 0.532. The lowest BCUT2D eigenvalue weighted by Crippen LogP contribution is -2.01. The summed E-state index contributed by atoms with van der Waals surface area (Å²) in [5.41, 5.74) is 0. The van der Waals surface area contributed by atoms with Gasteiger partial charge in [0.2, 0.25) is 0 Å². The normalized spacial score (nSPS) is 12.7. The highest BCUT2D eigenvalue weighted by atomic mass is 35.5. The first kappa shape index (κ1) is 6.74. The van der Waals surface area contributed by atoms with Crippen molar-refractivity contribution in [3.8, 4) is 6.07 Å². The average molecular weight is 120 g/mol. The molecule has 1 atom stereocenters. The second kappa shape index (κ2) is 3.91. The van der Waals surface area contributed by atoms with Gasteiger partial charge in [0.15, 0.2) is 0 Å². The van der Waals surface area contributed by atoms with Gasteiger partial charge in [0, 0.05) is 12.3 Å². The van der Waals surface area contributed by atoms with E-state index in [2.05, 4.69) is 0 Å². The van der Waals surface area contributed by atoms with Gasteiger partial charge in [0.05, 0.1) is 6.07 Å². The minimum atomic E-state index is -0.877. The number of halogens is 1. The fraction of sp³-hybridized carbons (Fsp3) is 0.750. The molecule has 0 bridgehead atoms. The lowest BCUT2D eigenvalue weighted by atomic mass is 10.3. The first-order valence-corrected chi connectivity index (χ1v) is 2.48. The van der Waals surface area contributed by atoms with Crippen LogP contribution >= 0.6 is 11.6 Å². The molecule has 0 aromatic carbocycles. The molecule has 0 aromatic heterocycles. The van der Waals surface area contributed by atoms with Gasteiger partial charge in [-0.25, -0.2) is 0 Å². The van der Waals surface area contributed by atoms with Crippen molar-refractivity contribution in [1.82, 2.24) is 0 Å². The van der Waals surface area contributed by atoms with E-state index >= 15 is 0 Å². The van der Waals surface area contributed by atoms with E-state index in [1.165, 1.54) is 0 Å². The van der Waals surface area contributed by atoms with E-state index in [0.29, 0.717) is 12.3 Å². The third kappa shape index (κ3) is 3.57. The molecule has 0 aliphatic heterocycles. The van der Waals surface area contributed by atoms with Crippen LogP contribution in [0.2, 0.25) is 0 Å². The van der Waals surface area contributed by atoms with Gasteiger partial charge in [-0.15, -0.1) is 11.6 Å². The lowest BCUT2D eigenvalue weighted by Gasteiger charge is -1.91. The van der Waals surface area contributed by atoms with Crippen LogP contribution in [0.1, 0.15) is 6.42 Å². The molecule has 0 amide bonds. The summed E-state index contributed by atoms with van der Waals surface area (Å²) < 4.78 is 0. The Morgan fingerprint density at radius 3 is 2.57 bits per heavy atom. The maximum Gasteiger partial charge on any atom is 0.141 e. The van der Waals surface area contributed by atoms with E-state index in [1.54, 1.807) is 6.07 Å². The van der Waals surface area contributed by atoms with Gasteiger partial charge in [0.25, 0.3) is 0 Å². The smallest absolute Gasteiger partial charge is 0.141 e. The molecule has 0 saturated carbocycles. The largest absolute Gasteiger partial charge is 0.378 e. The van der Waals surface area contributed by atoms with Crippen molar-refractivity contribution in [2.45, 2.75) is 12.5 Å². The van der Waals surface area contributed by atoms with Crippen LogP contribution in [-0.4, -0.2) is 17.1 Å². The van der Waals surface area contributed by atoms with Crippen LogP contribution in [0.3, 0.4) is 0 Å². The van der Waals surface area contributed by atoms with Gasteiger partial charge in [-0.05, 0) is 0 Å². The number of aliphatic hydroxyl groups excluding tert-OH is 1. The lowest BCUT2D eigenvalue weighted by molar-refractivity contribution is 0.227. The first-order chi connectivity index (χ1) is 3.31. The molecule has 0 rings (SSSR count). The Hall–Kier alpha value is -0.260. The standard InChI is InChI=1S/C4H6ClNO/c5-2-1-4(7)3-6/h4,7H,1-2H2/t4-/m0/s1. The monoisotopic (exact) mass is 119 g/mol. The van der Waals surface area contributed by atoms with E-state index in [1.807, 2.05) is 0 Å². The number of hydrogen-bond donors (Lipinski definition) is 1. The van der Waals surface area contributed by atoms with Crippen LogP contribution in [0.5, 0.6) is 0 Å². The Labute approximate surface area is 47.3 Å². The van der Waals surface area contributed by atoms with E-state index in [4.69, 9.17) is 22.0 Å². The maximum atomic E-state index is 8.41. The molecule has 40 valence electrons. The zero-order chi connectivity index (χ0) is 5.70. The summed E-state index contributed by atoms with van der Waals surface area (Å²) >= 11 is 5.16. The molecule has 0 unspecified atom stereocenters. The second-order valence-electron chi connectivity index (χ2n) is 1.12. The Morgan fingerprint density at radius 2 is 2.43 bits per heavy atom. The van der Waals surface area contributed by atoms with Gasteiger partial charge >= 0.3 is 0 Å². The van der Waals surface area contributed by atoms with Crippen LogP contribution in [0.4, 0.5) is 0 Å². The Morgan fingerprint density at radius 1 is 1.86 bits per heavy atom. The molecule has 0 saturated heterocycles. The average Bonchev–Trinajstić information content (AvgIpc) is 1.68. The molecular weight excluding hydrogens is 114 g/mol. The zero-order valence-electron chi connectivity index (χ0n) is 3.76. The minimum Gasteiger partial charge on any atom is -0.378 e. The molecule has 0 aliphatic rings. The van der Waals surface area contributed by atoms with Crippen molar-refractivity contribution >= 4 is 11.6 Å². The summed E-state index contributed by atoms with van der Waals surface area (Å²) in [7, 11) is 0. The minimum absolute atomic E-state index is 0.342. The number of nitriles is 1. The zero-order valence-corrected chi connectivity index (χ0v) is 4.52. The van der Waals surface area contributed by atoms with Gasteiger partial charge in [-0.2, -0.15) is 5.26 Å². The first-order valence-electron chi connectivity index (χ1n) is 1.95. The van der Waals surface area contributed by atoms with Crippen molar-refractivity contribution in [3.05, 3.63) is 0 Å². The van der Waals surface area contributed by atoms with Crippen LogP contribution < -0.4 is 0 Å². The van der Waals surface area contributed by atoms with Gasteiger partial charge in [0.1, 0.15) is 6.10 Å². The fourth-order valence-corrected chi connectivity index (χ4v) is 0.375. The topological polar surface area (TPSA) is 44.0 Å². The summed E-state index contributed by atoms with van der Waals surface area (Å²) in [5.74, 6) is 0.342. The van der Waals surface area contributed by atoms with Crippen molar-refractivity contribution < 1.29 is 5.11 Å². The van der Waals surface area contributed by atoms with Crippen LogP contribution in [0.25, 0.3) is 0 Å². The summed E-state index contributed by atoms with van der Waals surface area (Å²) in [6.07, 6.45) is -0.518. The molecule has 0 aliphatic carbocycles. The number of nitrogens with zero attached hydrogens (tertiary/aromatic N) is 1. The Balaban J connectivity index is 3.04. The number of hydrogen-bond acceptors (Lipinski definition) is 2. The SMILES string of the molecule is N#C[C@@H](O)CCCl. The van der Waals surface area contributed by atoms with E-state index in [-0.39, 0.29) is 0 Å². The van der Waals surface area contributed by atoms with Crippen molar-refractivity contribution in [3.63, 3.8) is 0 Å². The highest BCUT2D eigenvalue weighted by Crippen LogP contribution is 1.89.